The van der Waals surface area contributed by atoms with Gasteiger partial charge in [0.1, 0.15) is 0 Å². The van der Waals surface area contributed by atoms with E-state index in [1.807, 2.05) is 38.1 Å². The second-order valence-corrected chi connectivity index (χ2v) is 5.24. The molecule has 0 bridgehead atoms. The molecule has 1 amide bonds. The molecular formula is C15H23ClN2O2. The van der Waals surface area contributed by atoms with Crippen molar-refractivity contribution in [3.05, 3.63) is 29.8 Å². The van der Waals surface area contributed by atoms with Crippen LogP contribution >= 0.6 is 12.4 Å². The maximum atomic E-state index is 12.0. The van der Waals surface area contributed by atoms with Gasteiger partial charge in [-0.25, -0.2) is 0 Å². The highest BCUT2D eigenvalue weighted by Crippen LogP contribution is 2.15. The summed E-state index contributed by atoms with van der Waals surface area (Å²) in [5.41, 5.74) is 1.93. The molecule has 1 heterocycles. The molecule has 1 aromatic rings. The predicted molar refractivity (Wildman–Crippen MR) is 83.2 cm³/mol. The fourth-order valence-electron chi connectivity index (χ4n) is 2.12. The van der Waals surface area contributed by atoms with Crippen LogP contribution in [-0.4, -0.2) is 25.1 Å². The summed E-state index contributed by atoms with van der Waals surface area (Å²) in [5.74, 6) is 0.197. The van der Waals surface area contributed by atoms with Gasteiger partial charge >= 0.3 is 0 Å². The third kappa shape index (κ3) is 5.12. The smallest absolute Gasteiger partial charge is 0.228 e. The van der Waals surface area contributed by atoms with E-state index in [1.165, 1.54) is 0 Å². The number of hydrogen-bond donors (Lipinski definition) is 2. The second kappa shape index (κ2) is 8.25. The summed E-state index contributed by atoms with van der Waals surface area (Å²) in [6, 6.07) is 7.85. The summed E-state index contributed by atoms with van der Waals surface area (Å²) in [6.45, 7) is 6.31. The molecule has 112 valence electrons. The Kier molecular flexibility index (Phi) is 6.99. The summed E-state index contributed by atoms with van der Waals surface area (Å²) < 4.78 is 5.56. The molecule has 0 aliphatic carbocycles. The fourth-order valence-corrected chi connectivity index (χ4v) is 2.12. The van der Waals surface area contributed by atoms with E-state index in [2.05, 4.69) is 10.6 Å². The van der Waals surface area contributed by atoms with E-state index >= 15 is 0 Å². The standard InChI is InChI=1S/C15H22N2O2.ClH/c1-11(2)19-10-12-4-3-5-14(8-12)17-15(18)13-6-7-16-9-13;/h3-5,8,11,13,16H,6-7,9-10H2,1-2H3,(H,17,18);1H. The summed E-state index contributed by atoms with van der Waals surface area (Å²) in [4.78, 5) is 12.0. The van der Waals surface area contributed by atoms with Crippen LogP contribution in [0, 0.1) is 5.92 Å². The lowest BCUT2D eigenvalue weighted by molar-refractivity contribution is -0.119. The van der Waals surface area contributed by atoms with Gasteiger partial charge < -0.3 is 15.4 Å². The number of ether oxygens (including phenoxy) is 1. The van der Waals surface area contributed by atoms with Gasteiger partial charge in [0.05, 0.1) is 18.6 Å². The largest absolute Gasteiger partial charge is 0.374 e. The van der Waals surface area contributed by atoms with Crippen LogP contribution in [0.25, 0.3) is 0 Å². The van der Waals surface area contributed by atoms with Crippen molar-refractivity contribution in [2.24, 2.45) is 5.92 Å². The van der Waals surface area contributed by atoms with Gasteiger partial charge in [0.15, 0.2) is 0 Å². The Labute approximate surface area is 126 Å². The minimum Gasteiger partial charge on any atom is -0.374 e. The van der Waals surface area contributed by atoms with Crippen LogP contribution in [-0.2, 0) is 16.1 Å². The molecule has 20 heavy (non-hydrogen) atoms. The van der Waals surface area contributed by atoms with Crippen molar-refractivity contribution in [2.45, 2.75) is 33.0 Å². The molecule has 1 fully saturated rings. The molecule has 2 rings (SSSR count). The molecule has 2 N–H and O–H groups in total. The van der Waals surface area contributed by atoms with Gasteiger partial charge in [-0.1, -0.05) is 12.1 Å². The zero-order valence-corrected chi connectivity index (χ0v) is 12.8. The third-order valence-corrected chi connectivity index (χ3v) is 3.21. The van der Waals surface area contributed by atoms with Gasteiger partial charge in [-0.15, -0.1) is 12.4 Å². The highest BCUT2D eigenvalue weighted by atomic mass is 35.5. The van der Waals surface area contributed by atoms with Crippen molar-refractivity contribution in [3.63, 3.8) is 0 Å². The molecular weight excluding hydrogens is 276 g/mol. The van der Waals surface area contributed by atoms with Crippen LogP contribution in [0.4, 0.5) is 5.69 Å². The average molecular weight is 299 g/mol. The Balaban J connectivity index is 0.00000200. The van der Waals surface area contributed by atoms with E-state index in [-0.39, 0.29) is 30.3 Å². The average Bonchev–Trinajstić information content (AvgIpc) is 2.91. The normalized spacial score (nSPS) is 17.9. The zero-order valence-electron chi connectivity index (χ0n) is 12.0. The molecule has 0 spiro atoms. The monoisotopic (exact) mass is 298 g/mol. The van der Waals surface area contributed by atoms with E-state index in [0.717, 1.165) is 30.8 Å². The number of carbonyl (C=O) groups excluding carboxylic acids is 1. The highest BCUT2D eigenvalue weighted by Gasteiger charge is 2.22. The second-order valence-electron chi connectivity index (χ2n) is 5.24. The molecule has 1 saturated heterocycles. The first-order chi connectivity index (χ1) is 9.15. The molecule has 5 heteroatoms. The first-order valence-corrected chi connectivity index (χ1v) is 6.87. The Morgan fingerprint density at radius 2 is 2.30 bits per heavy atom. The van der Waals surface area contributed by atoms with E-state index in [1.54, 1.807) is 0 Å². The quantitative estimate of drug-likeness (QED) is 0.878. The summed E-state index contributed by atoms with van der Waals surface area (Å²) in [5, 5.41) is 6.18. The van der Waals surface area contributed by atoms with Gasteiger partial charge in [0, 0.05) is 12.2 Å². The molecule has 0 aromatic heterocycles. The first kappa shape index (κ1) is 17.0. The maximum Gasteiger partial charge on any atom is 0.228 e. The van der Waals surface area contributed by atoms with Crippen LogP contribution in [0.1, 0.15) is 25.8 Å². The third-order valence-electron chi connectivity index (χ3n) is 3.21. The SMILES string of the molecule is CC(C)OCc1cccc(NC(=O)C2CCNC2)c1.Cl. The van der Waals surface area contributed by atoms with Crippen LogP contribution in [0.15, 0.2) is 24.3 Å². The van der Waals surface area contributed by atoms with Crippen molar-refractivity contribution in [1.29, 1.82) is 0 Å². The lowest BCUT2D eigenvalue weighted by Gasteiger charge is -2.12. The lowest BCUT2D eigenvalue weighted by atomic mass is 10.1. The highest BCUT2D eigenvalue weighted by molar-refractivity contribution is 5.92. The fraction of sp³-hybridized carbons (Fsp3) is 0.533. The van der Waals surface area contributed by atoms with Gasteiger partial charge in [0.2, 0.25) is 5.91 Å². The van der Waals surface area contributed by atoms with Crippen molar-refractivity contribution >= 4 is 24.0 Å². The number of anilines is 1. The van der Waals surface area contributed by atoms with Crippen LogP contribution in [0.3, 0.4) is 0 Å². The number of carbonyl (C=O) groups is 1. The van der Waals surface area contributed by atoms with E-state index in [0.29, 0.717) is 6.61 Å². The van der Waals surface area contributed by atoms with Crippen LogP contribution in [0.5, 0.6) is 0 Å². The maximum absolute atomic E-state index is 12.0. The molecule has 1 aliphatic heterocycles. The number of amides is 1. The van der Waals surface area contributed by atoms with Crippen molar-refractivity contribution in [2.75, 3.05) is 18.4 Å². The molecule has 0 radical (unpaired) electrons. The van der Waals surface area contributed by atoms with Crippen LogP contribution < -0.4 is 10.6 Å². The lowest BCUT2D eigenvalue weighted by Crippen LogP contribution is -2.24. The Morgan fingerprint density at radius 1 is 1.50 bits per heavy atom. The van der Waals surface area contributed by atoms with Gasteiger partial charge in [-0.3, -0.25) is 4.79 Å². The minimum absolute atomic E-state index is 0. The Morgan fingerprint density at radius 3 is 2.95 bits per heavy atom. The Bertz CT molecular complexity index is 432. The molecule has 1 aliphatic rings. The van der Waals surface area contributed by atoms with E-state index in [4.69, 9.17) is 4.74 Å². The predicted octanol–water partition coefficient (Wildman–Crippen LogP) is 2.58. The molecule has 0 saturated carbocycles. The van der Waals surface area contributed by atoms with E-state index in [9.17, 15) is 4.79 Å². The van der Waals surface area contributed by atoms with E-state index < -0.39 is 0 Å². The first-order valence-electron chi connectivity index (χ1n) is 6.87. The van der Waals surface area contributed by atoms with Crippen molar-refractivity contribution < 1.29 is 9.53 Å². The van der Waals surface area contributed by atoms with Gasteiger partial charge in [-0.2, -0.15) is 0 Å². The number of nitrogens with one attached hydrogen (secondary N) is 2. The zero-order chi connectivity index (χ0) is 13.7. The van der Waals surface area contributed by atoms with Crippen molar-refractivity contribution in [3.8, 4) is 0 Å². The summed E-state index contributed by atoms with van der Waals surface area (Å²) in [6.07, 6.45) is 1.13. The number of rotatable bonds is 5. The number of hydrogen-bond acceptors (Lipinski definition) is 3. The Hall–Kier alpha value is -1.10. The minimum atomic E-state index is 0. The van der Waals surface area contributed by atoms with Crippen molar-refractivity contribution in [1.82, 2.24) is 5.32 Å². The molecule has 1 aromatic carbocycles. The molecule has 1 unspecified atom stereocenters. The van der Waals surface area contributed by atoms with Crippen LogP contribution in [0.2, 0.25) is 0 Å². The van der Waals surface area contributed by atoms with Gasteiger partial charge in [0.25, 0.3) is 0 Å². The van der Waals surface area contributed by atoms with Gasteiger partial charge in [-0.05, 0) is 44.5 Å². The number of halogens is 1. The summed E-state index contributed by atoms with van der Waals surface area (Å²) >= 11 is 0. The molecule has 4 nitrogen and oxygen atoms in total. The summed E-state index contributed by atoms with van der Waals surface area (Å²) in [7, 11) is 0. The topological polar surface area (TPSA) is 50.4 Å². The molecule has 1 atom stereocenters. The number of benzene rings is 1.